The van der Waals surface area contributed by atoms with Crippen molar-refractivity contribution < 1.29 is 14.3 Å². The maximum atomic E-state index is 12.5. The van der Waals surface area contributed by atoms with Crippen LogP contribution in [0.4, 0.5) is 0 Å². The number of carbonyl (C=O) groups excluding carboxylic acids is 1. The average molecular weight is 449 g/mol. The Labute approximate surface area is 190 Å². The summed E-state index contributed by atoms with van der Waals surface area (Å²) >= 11 is 12.0. The van der Waals surface area contributed by atoms with Crippen LogP contribution in [0.5, 0.6) is 11.5 Å². The van der Waals surface area contributed by atoms with Crippen LogP contribution in [-0.4, -0.2) is 13.1 Å². The number of hydrogen-bond donors (Lipinski definition) is 0. The van der Waals surface area contributed by atoms with Crippen molar-refractivity contribution in [2.45, 2.75) is 0 Å². The quantitative estimate of drug-likeness (QED) is 0.179. The highest BCUT2D eigenvalue weighted by atomic mass is 35.5. The third kappa shape index (κ3) is 4.74. The Morgan fingerprint density at radius 1 is 0.839 bits per heavy atom. The van der Waals surface area contributed by atoms with Gasteiger partial charge in [0.1, 0.15) is 0 Å². The van der Waals surface area contributed by atoms with E-state index in [4.69, 9.17) is 32.7 Å². The third-order valence-electron chi connectivity index (χ3n) is 4.82. The van der Waals surface area contributed by atoms with E-state index < -0.39 is 5.97 Å². The van der Waals surface area contributed by atoms with Gasteiger partial charge < -0.3 is 9.47 Å². The van der Waals surface area contributed by atoms with Crippen molar-refractivity contribution in [3.05, 3.63) is 106 Å². The van der Waals surface area contributed by atoms with Crippen LogP contribution in [0.1, 0.15) is 21.5 Å². The largest absolute Gasteiger partial charge is 0.493 e. The zero-order valence-corrected chi connectivity index (χ0v) is 18.2. The molecule has 0 aromatic heterocycles. The highest BCUT2D eigenvalue weighted by Gasteiger charge is 2.16. The highest BCUT2D eigenvalue weighted by Crippen LogP contribution is 2.31. The summed E-state index contributed by atoms with van der Waals surface area (Å²) in [5.74, 6) is 0.165. The molecule has 0 unspecified atom stereocenters. The Kier molecular flexibility index (Phi) is 6.26. The van der Waals surface area contributed by atoms with Crippen molar-refractivity contribution in [1.82, 2.24) is 0 Å². The normalized spacial score (nSPS) is 11.1. The number of benzene rings is 4. The molecule has 0 fully saturated rings. The van der Waals surface area contributed by atoms with Gasteiger partial charge in [-0.2, -0.15) is 0 Å². The molecule has 154 valence electrons. The molecule has 3 nitrogen and oxygen atoms in total. The Balaban J connectivity index is 1.58. The summed E-state index contributed by atoms with van der Waals surface area (Å²) in [5.41, 5.74) is 2.26. The fourth-order valence-corrected chi connectivity index (χ4v) is 3.75. The Bertz CT molecular complexity index is 1290. The summed E-state index contributed by atoms with van der Waals surface area (Å²) < 4.78 is 10.9. The van der Waals surface area contributed by atoms with Crippen LogP contribution in [0.25, 0.3) is 22.9 Å². The fraction of sp³-hybridized carbons (Fsp3) is 0.0385. The molecule has 4 rings (SSSR count). The first-order valence-electron chi connectivity index (χ1n) is 9.56. The lowest BCUT2D eigenvalue weighted by Crippen LogP contribution is -2.10. The molecule has 4 aromatic rings. The summed E-state index contributed by atoms with van der Waals surface area (Å²) in [6, 6.07) is 24.4. The predicted octanol–water partition coefficient (Wildman–Crippen LogP) is 7.54. The standard InChI is InChI=1S/C26H18Cl2O3/c1-30-25-15-17(9-11-19-7-4-6-18-5-2-3-8-21(18)19)10-14-24(25)31-26(29)22-13-12-20(27)16-23(22)28/h2-16H,1H3. The topological polar surface area (TPSA) is 35.5 Å². The van der Waals surface area contributed by atoms with Crippen LogP contribution in [0.15, 0.2) is 78.9 Å². The maximum Gasteiger partial charge on any atom is 0.345 e. The second-order valence-electron chi connectivity index (χ2n) is 6.83. The van der Waals surface area contributed by atoms with Gasteiger partial charge in [-0.05, 0) is 52.2 Å². The first-order valence-corrected chi connectivity index (χ1v) is 10.3. The van der Waals surface area contributed by atoms with Gasteiger partial charge in [0, 0.05) is 5.02 Å². The summed E-state index contributed by atoms with van der Waals surface area (Å²) in [4.78, 5) is 12.5. The van der Waals surface area contributed by atoms with Gasteiger partial charge >= 0.3 is 5.97 Å². The number of esters is 1. The van der Waals surface area contributed by atoms with E-state index in [1.165, 1.54) is 30.0 Å². The van der Waals surface area contributed by atoms with Gasteiger partial charge in [0.15, 0.2) is 11.5 Å². The lowest BCUT2D eigenvalue weighted by atomic mass is 10.0. The van der Waals surface area contributed by atoms with E-state index >= 15 is 0 Å². The van der Waals surface area contributed by atoms with Crippen molar-refractivity contribution in [2.24, 2.45) is 0 Å². The monoisotopic (exact) mass is 448 g/mol. The molecule has 4 aromatic carbocycles. The second-order valence-corrected chi connectivity index (χ2v) is 7.67. The van der Waals surface area contributed by atoms with E-state index in [1.807, 2.05) is 36.4 Å². The molecule has 31 heavy (non-hydrogen) atoms. The molecule has 0 heterocycles. The zero-order chi connectivity index (χ0) is 21.8. The first-order chi connectivity index (χ1) is 15.0. The highest BCUT2D eigenvalue weighted by molar-refractivity contribution is 6.36. The van der Waals surface area contributed by atoms with E-state index in [0.29, 0.717) is 16.5 Å². The SMILES string of the molecule is COc1cc(C=Cc2cccc3ccccc23)ccc1OC(=O)c1ccc(Cl)cc1Cl. The summed E-state index contributed by atoms with van der Waals surface area (Å²) in [5, 5.41) is 3.04. The number of ether oxygens (including phenoxy) is 2. The van der Waals surface area contributed by atoms with Crippen LogP contribution in [-0.2, 0) is 0 Å². The minimum absolute atomic E-state index is 0.228. The Morgan fingerprint density at radius 3 is 2.45 bits per heavy atom. The van der Waals surface area contributed by atoms with Crippen LogP contribution in [0.2, 0.25) is 10.0 Å². The molecule has 0 amide bonds. The number of methoxy groups -OCH3 is 1. The summed E-state index contributed by atoms with van der Waals surface area (Å²) in [6.07, 6.45) is 4.04. The number of fused-ring (bicyclic) bond motifs is 1. The van der Waals surface area contributed by atoms with Crippen molar-refractivity contribution in [3.63, 3.8) is 0 Å². The molecule has 0 saturated carbocycles. The molecule has 0 N–H and O–H groups in total. The maximum absolute atomic E-state index is 12.5. The van der Waals surface area contributed by atoms with E-state index in [0.717, 1.165) is 11.1 Å². The Morgan fingerprint density at radius 2 is 1.65 bits per heavy atom. The van der Waals surface area contributed by atoms with Gasteiger partial charge in [-0.3, -0.25) is 0 Å². The van der Waals surface area contributed by atoms with Gasteiger partial charge in [-0.1, -0.05) is 83.9 Å². The molecular formula is C26H18Cl2O3. The van der Waals surface area contributed by atoms with Crippen LogP contribution in [0, 0.1) is 0 Å². The van der Waals surface area contributed by atoms with Gasteiger partial charge in [-0.25, -0.2) is 4.79 Å². The third-order valence-corrected chi connectivity index (χ3v) is 5.37. The van der Waals surface area contributed by atoms with E-state index in [9.17, 15) is 4.79 Å². The molecule has 0 bridgehead atoms. The molecule has 0 aliphatic rings. The molecular weight excluding hydrogens is 431 g/mol. The number of hydrogen-bond acceptors (Lipinski definition) is 3. The minimum atomic E-state index is -0.584. The lowest BCUT2D eigenvalue weighted by molar-refractivity contribution is 0.0730. The van der Waals surface area contributed by atoms with Crippen molar-refractivity contribution in [3.8, 4) is 11.5 Å². The number of rotatable bonds is 5. The van der Waals surface area contributed by atoms with E-state index in [1.54, 1.807) is 12.1 Å². The fourth-order valence-electron chi connectivity index (χ4n) is 3.26. The lowest BCUT2D eigenvalue weighted by Gasteiger charge is -2.11. The molecule has 0 radical (unpaired) electrons. The van der Waals surface area contributed by atoms with E-state index in [2.05, 4.69) is 30.3 Å². The number of halogens is 2. The van der Waals surface area contributed by atoms with Gasteiger partial charge in [-0.15, -0.1) is 0 Å². The molecule has 0 saturated heterocycles. The minimum Gasteiger partial charge on any atom is -0.493 e. The zero-order valence-electron chi connectivity index (χ0n) is 16.6. The van der Waals surface area contributed by atoms with Gasteiger partial charge in [0.05, 0.1) is 17.7 Å². The molecule has 0 aliphatic carbocycles. The second kappa shape index (κ2) is 9.25. The first kappa shape index (κ1) is 21.0. The van der Waals surface area contributed by atoms with Crippen molar-refractivity contribution >= 4 is 52.1 Å². The van der Waals surface area contributed by atoms with E-state index in [-0.39, 0.29) is 10.6 Å². The molecule has 0 aliphatic heterocycles. The molecule has 0 spiro atoms. The van der Waals surface area contributed by atoms with Gasteiger partial charge in [0.2, 0.25) is 0 Å². The van der Waals surface area contributed by atoms with Crippen molar-refractivity contribution in [1.29, 1.82) is 0 Å². The predicted molar refractivity (Wildman–Crippen MR) is 127 cm³/mol. The molecule has 5 heteroatoms. The smallest absolute Gasteiger partial charge is 0.345 e. The van der Waals surface area contributed by atoms with Crippen LogP contribution in [0.3, 0.4) is 0 Å². The summed E-state index contributed by atoms with van der Waals surface area (Å²) in [6.45, 7) is 0. The summed E-state index contributed by atoms with van der Waals surface area (Å²) in [7, 11) is 1.53. The van der Waals surface area contributed by atoms with Crippen LogP contribution < -0.4 is 9.47 Å². The molecule has 0 atom stereocenters. The number of carbonyl (C=O) groups is 1. The van der Waals surface area contributed by atoms with Gasteiger partial charge in [0.25, 0.3) is 0 Å². The Hall–Kier alpha value is -3.27. The van der Waals surface area contributed by atoms with Crippen molar-refractivity contribution in [2.75, 3.05) is 7.11 Å². The average Bonchev–Trinajstić information content (AvgIpc) is 2.78. The van der Waals surface area contributed by atoms with Crippen LogP contribution >= 0.6 is 23.2 Å².